The SMILES string of the molecule is CC#CCNCc1ccc(N(CC)CC)cc1. The molecule has 1 aromatic carbocycles. The molecule has 0 unspecified atom stereocenters. The molecule has 0 aliphatic carbocycles. The zero-order chi connectivity index (χ0) is 12.5. The average Bonchev–Trinajstić information content (AvgIpc) is 2.38. The molecule has 0 amide bonds. The summed E-state index contributed by atoms with van der Waals surface area (Å²) < 4.78 is 0. The third-order valence-corrected chi connectivity index (χ3v) is 2.78. The Kier molecular flexibility index (Phi) is 6.21. The molecule has 0 radical (unpaired) electrons. The van der Waals surface area contributed by atoms with Crippen LogP contribution < -0.4 is 10.2 Å². The van der Waals surface area contributed by atoms with Gasteiger partial charge in [0.05, 0.1) is 6.54 Å². The summed E-state index contributed by atoms with van der Waals surface area (Å²) >= 11 is 0. The Labute approximate surface area is 105 Å². The number of nitrogens with one attached hydrogen (secondary N) is 1. The van der Waals surface area contributed by atoms with E-state index in [4.69, 9.17) is 0 Å². The lowest BCUT2D eigenvalue weighted by Crippen LogP contribution is -2.21. The molecule has 17 heavy (non-hydrogen) atoms. The van der Waals surface area contributed by atoms with Gasteiger partial charge in [0.25, 0.3) is 0 Å². The van der Waals surface area contributed by atoms with E-state index in [9.17, 15) is 0 Å². The van der Waals surface area contributed by atoms with Gasteiger partial charge in [0.15, 0.2) is 0 Å². The Morgan fingerprint density at radius 3 is 2.29 bits per heavy atom. The first-order chi connectivity index (χ1) is 8.31. The fraction of sp³-hybridized carbons (Fsp3) is 0.467. The van der Waals surface area contributed by atoms with Crippen molar-refractivity contribution in [3.63, 3.8) is 0 Å². The summed E-state index contributed by atoms with van der Waals surface area (Å²) in [5.74, 6) is 5.87. The molecule has 92 valence electrons. The van der Waals surface area contributed by atoms with Crippen LogP contribution >= 0.6 is 0 Å². The van der Waals surface area contributed by atoms with Gasteiger partial charge >= 0.3 is 0 Å². The first-order valence-corrected chi connectivity index (χ1v) is 6.26. The van der Waals surface area contributed by atoms with Crippen molar-refractivity contribution in [2.75, 3.05) is 24.5 Å². The maximum Gasteiger partial charge on any atom is 0.0578 e. The quantitative estimate of drug-likeness (QED) is 0.597. The summed E-state index contributed by atoms with van der Waals surface area (Å²) in [6.07, 6.45) is 0. The zero-order valence-electron chi connectivity index (χ0n) is 11.1. The van der Waals surface area contributed by atoms with Crippen LogP contribution in [0.1, 0.15) is 26.3 Å². The Morgan fingerprint density at radius 2 is 1.76 bits per heavy atom. The second kappa shape index (κ2) is 7.76. The van der Waals surface area contributed by atoms with Gasteiger partial charge in [-0.3, -0.25) is 0 Å². The van der Waals surface area contributed by atoms with Crippen molar-refractivity contribution in [1.29, 1.82) is 0 Å². The van der Waals surface area contributed by atoms with Crippen molar-refractivity contribution in [2.24, 2.45) is 0 Å². The molecule has 0 saturated carbocycles. The minimum atomic E-state index is 0.758. The van der Waals surface area contributed by atoms with Crippen molar-refractivity contribution in [1.82, 2.24) is 5.32 Å². The first kappa shape index (κ1) is 13.6. The summed E-state index contributed by atoms with van der Waals surface area (Å²) in [4.78, 5) is 2.35. The van der Waals surface area contributed by atoms with E-state index in [2.05, 4.69) is 60.2 Å². The van der Waals surface area contributed by atoms with E-state index in [0.717, 1.165) is 26.2 Å². The Morgan fingerprint density at radius 1 is 1.12 bits per heavy atom. The molecular formula is C15H22N2. The molecule has 1 aromatic rings. The fourth-order valence-corrected chi connectivity index (χ4v) is 1.77. The highest BCUT2D eigenvalue weighted by atomic mass is 15.1. The number of nitrogens with zero attached hydrogens (tertiary/aromatic N) is 1. The molecule has 0 atom stereocenters. The van der Waals surface area contributed by atoms with E-state index in [0.29, 0.717) is 0 Å². The highest BCUT2D eigenvalue weighted by Crippen LogP contribution is 2.14. The van der Waals surface area contributed by atoms with Crippen LogP contribution in [0.2, 0.25) is 0 Å². The summed E-state index contributed by atoms with van der Waals surface area (Å²) in [6, 6.07) is 8.74. The number of hydrogen-bond acceptors (Lipinski definition) is 2. The topological polar surface area (TPSA) is 15.3 Å². The first-order valence-electron chi connectivity index (χ1n) is 6.26. The van der Waals surface area contributed by atoms with Gasteiger partial charge in [0.2, 0.25) is 0 Å². The van der Waals surface area contributed by atoms with E-state index < -0.39 is 0 Å². The van der Waals surface area contributed by atoms with E-state index in [1.807, 2.05) is 6.92 Å². The average molecular weight is 230 g/mol. The van der Waals surface area contributed by atoms with Crippen LogP contribution in [0.15, 0.2) is 24.3 Å². The zero-order valence-corrected chi connectivity index (χ0v) is 11.1. The van der Waals surface area contributed by atoms with Crippen molar-refractivity contribution < 1.29 is 0 Å². The molecule has 0 aliphatic heterocycles. The molecule has 2 nitrogen and oxygen atoms in total. The van der Waals surface area contributed by atoms with Gasteiger partial charge < -0.3 is 10.2 Å². The maximum absolute atomic E-state index is 3.29. The Hall–Kier alpha value is -1.46. The lowest BCUT2D eigenvalue weighted by Gasteiger charge is -2.21. The third-order valence-electron chi connectivity index (χ3n) is 2.78. The van der Waals surface area contributed by atoms with Crippen molar-refractivity contribution in [3.05, 3.63) is 29.8 Å². The molecule has 0 bridgehead atoms. The van der Waals surface area contributed by atoms with E-state index in [-0.39, 0.29) is 0 Å². The summed E-state index contributed by atoms with van der Waals surface area (Å²) in [6.45, 7) is 9.98. The minimum Gasteiger partial charge on any atom is -0.372 e. The highest BCUT2D eigenvalue weighted by molar-refractivity contribution is 5.47. The Bertz CT molecular complexity index is 366. The molecule has 2 heteroatoms. The number of hydrogen-bond donors (Lipinski definition) is 1. The predicted molar refractivity (Wildman–Crippen MR) is 75.2 cm³/mol. The van der Waals surface area contributed by atoms with E-state index in [1.54, 1.807) is 0 Å². The number of rotatable bonds is 6. The Balaban J connectivity index is 2.51. The van der Waals surface area contributed by atoms with Crippen molar-refractivity contribution in [2.45, 2.75) is 27.3 Å². The van der Waals surface area contributed by atoms with Crippen LogP contribution in [0.25, 0.3) is 0 Å². The van der Waals surface area contributed by atoms with E-state index >= 15 is 0 Å². The van der Waals surface area contributed by atoms with Crippen LogP contribution in [0.4, 0.5) is 5.69 Å². The van der Waals surface area contributed by atoms with Gasteiger partial charge in [-0.15, -0.1) is 5.92 Å². The van der Waals surface area contributed by atoms with Crippen LogP contribution in [0, 0.1) is 11.8 Å². The van der Waals surface area contributed by atoms with Crippen LogP contribution in [-0.2, 0) is 6.54 Å². The van der Waals surface area contributed by atoms with Gasteiger partial charge in [-0.05, 0) is 38.5 Å². The lowest BCUT2D eigenvalue weighted by molar-refractivity contribution is 0.769. The standard InChI is InChI=1S/C15H22N2/c1-4-7-12-16-13-14-8-10-15(11-9-14)17(5-2)6-3/h8-11,16H,5-6,12-13H2,1-3H3. The molecule has 0 aromatic heterocycles. The molecule has 0 fully saturated rings. The van der Waals surface area contributed by atoms with Crippen LogP contribution in [0.3, 0.4) is 0 Å². The van der Waals surface area contributed by atoms with Gasteiger partial charge in [-0.25, -0.2) is 0 Å². The van der Waals surface area contributed by atoms with Gasteiger partial charge in [-0.2, -0.15) is 0 Å². The second-order valence-corrected chi connectivity index (χ2v) is 3.87. The molecule has 0 aliphatic rings. The number of anilines is 1. The molecule has 0 saturated heterocycles. The fourth-order valence-electron chi connectivity index (χ4n) is 1.77. The molecule has 1 N–H and O–H groups in total. The monoisotopic (exact) mass is 230 g/mol. The minimum absolute atomic E-state index is 0.758. The predicted octanol–water partition coefficient (Wildman–Crippen LogP) is 2.65. The second-order valence-electron chi connectivity index (χ2n) is 3.87. The van der Waals surface area contributed by atoms with Gasteiger partial charge in [0.1, 0.15) is 0 Å². The molecule has 0 heterocycles. The third kappa shape index (κ3) is 4.50. The largest absolute Gasteiger partial charge is 0.372 e. The maximum atomic E-state index is 3.29. The summed E-state index contributed by atoms with van der Waals surface area (Å²) in [5.41, 5.74) is 2.60. The lowest BCUT2D eigenvalue weighted by atomic mass is 10.2. The molecular weight excluding hydrogens is 208 g/mol. The van der Waals surface area contributed by atoms with Crippen molar-refractivity contribution in [3.8, 4) is 11.8 Å². The van der Waals surface area contributed by atoms with Crippen LogP contribution in [0.5, 0.6) is 0 Å². The molecule has 0 spiro atoms. The smallest absolute Gasteiger partial charge is 0.0578 e. The summed E-state index contributed by atoms with van der Waals surface area (Å²) in [5, 5.41) is 3.29. The van der Waals surface area contributed by atoms with Crippen molar-refractivity contribution >= 4 is 5.69 Å². The highest BCUT2D eigenvalue weighted by Gasteiger charge is 2.00. The summed E-state index contributed by atoms with van der Waals surface area (Å²) in [7, 11) is 0. The number of benzene rings is 1. The van der Waals surface area contributed by atoms with Gasteiger partial charge in [-0.1, -0.05) is 18.1 Å². The van der Waals surface area contributed by atoms with Crippen LogP contribution in [-0.4, -0.2) is 19.6 Å². The van der Waals surface area contributed by atoms with Gasteiger partial charge in [0, 0.05) is 25.3 Å². The van der Waals surface area contributed by atoms with E-state index in [1.165, 1.54) is 11.3 Å². The normalized spacial score (nSPS) is 9.59. The molecule has 1 rings (SSSR count).